The number of nitrogens with zero attached hydrogens (tertiary/aromatic N) is 5. The van der Waals surface area contributed by atoms with Crippen LogP contribution in [0, 0.1) is 0 Å². The SMILES string of the molecule is C=CCc1cc(CNC(=NC)N2CCN(c3nc(CC)ns3)CC2)cc(OC)c1OC.I. The summed E-state index contributed by atoms with van der Waals surface area (Å²) in [5, 5.41) is 4.50. The first-order valence-corrected chi connectivity index (χ1v) is 11.3. The summed E-state index contributed by atoms with van der Waals surface area (Å²) in [6, 6.07) is 4.13. The van der Waals surface area contributed by atoms with Crippen LogP contribution in [0.3, 0.4) is 0 Å². The number of hydrogen-bond donors (Lipinski definition) is 1. The number of guanidine groups is 1. The Kier molecular flexibility index (Phi) is 10.5. The number of methoxy groups -OCH3 is 2. The summed E-state index contributed by atoms with van der Waals surface area (Å²) >= 11 is 1.49. The molecule has 0 radical (unpaired) electrons. The lowest BCUT2D eigenvalue weighted by atomic mass is 10.1. The third-order valence-corrected chi connectivity index (χ3v) is 6.08. The van der Waals surface area contributed by atoms with E-state index >= 15 is 0 Å². The second-order valence-corrected chi connectivity index (χ2v) is 7.94. The van der Waals surface area contributed by atoms with Crippen molar-refractivity contribution in [2.24, 2.45) is 4.99 Å². The highest BCUT2D eigenvalue weighted by Gasteiger charge is 2.22. The van der Waals surface area contributed by atoms with Gasteiger partial charge in [-0.3, -0.25) is 4.99 Å². The summed E-state index contributed by atoms with van der Waals surface area (Å²) in [5.74, 6) is 3.30. The number of aliphatic imine (C=N–C) groups is 1. The van der Waals surface area contributed by atoms with Crippen LogP contribution in [-0.4, -0.2) is 67.7 Å². The van der Waals surface area contributed by atoms with Crippen LogP contribution in [0.4, 0.5) is 5.13 Å². The molecule has 1 N–H and O–H groups in total. The summed E-state index contributed by atoms with van der Waals surface area (Å²) < 4.78 is 15.5. The van der Waals surface area contributed by atoms with Crippen molar-refractivity contribution < 1.29 is 9.47 Å². The van der Waals surface area contributed by atoms with Gasteiger partial charge < -0.3 is 24.6 Å². The number of aromatic nitrogens is 2. The number of ether oxygens (including phenoxy) is 2. The zero-order valence-corrected chi connectivity index (χ0v) is 22.4. The average molecular weight is 573 g/mol. The molecule has 0 amide bonds. The van der Waals surface area contributed by atoms with Crippen molar-refractivity contribution in [3.63, 3.8) is 0 Å². The van der Waals surface area contributed by atoms with Crippen molar-refractivity contribution in [1.29, 1.82) is 0 Å². The third kappa shape index (κ3) is 6.25. The molecule has 0 atom stereocenters. The maximum atomic E-state index is 5.53. The van der Waals surface area contributed by atoms with E-state index in [-0.39, 0.29) is 24.0 Å². The largest absolute Gasteiger partial charge is 0.493 e. The van der Waals surface area contributed by atoms with Crippen LogP contribution >= 0.6 is 35.5 Å². The first-order valence-electron chi connectivity index (χ1n) is 10.5. The maximum Gasteiger partial charge on any atom is 0.205 e. The summed E-state index contributed by atoms with van der Waals surface area (Å²) in [6.07, 6.45) is 3.46. The molecule has 1 aliphatic heterocycles. The number of halogens is 1. The summed E-state index contributed by atoms with van der Waals surface area (Å²) in [6.45, 7) is 10.1. The fourth-order valence-electron chi connectivity index (χ4n) is 3.66. The van der Waals surface area contributed by atoms with Crippen molar-refractivity contribution in [2.45, 2.75) is 26.3 Å². The number of aryl methyl sites for hydroxylation is 1. The third-order valence-electron chi connectivity index (χ3n) is 5.27. The van der Waals surface area contributed by atoms with Gasteiger partial charge in [0.2, 0.25) is 5.13 Å². The smallest absolute Gasteiger partial charge is 0.205 e. The lowest BCUT2D eigenvalue weighted by Gasteiger charge is -2.36. The zero-order chi connectivity index (χ0) is 22.2. The molecule has 1 saturated heterocycles. The van der Waals surface area contributed by atoms with Crippen LogP contribution in [0.2, 0.25) is 0 Å². The lowest BCUT2D eigenvalue weighted by Crippen LogP contribution is -2.52. The molecule has 0 saturated carbocycles. The second kappa shape index (κ2) is 12.8. The molecule has 176 valence electrons. The molecule has 32 heavy (non-hydrogen) atoms. The van der Waals surface area contributed by atoms with E-state index in [1.54, 1.807) is 14.2 Å². The molecular weight excluding hydrogens is 539 g/mol. The molecule has 0 spiro atoms. The topological polar surface area (TPSA) is 75.1 Å². The van der Waals surface area contributed by atoms with Crippen molar-refractivity contribution in [1.82, 2.24) is 19.6 Å². The quantitative estimate of drug-likeness (QED) is 0.225. The van der Waals surface area contributed by atoms with Gasteiger partial charge in [0, 0.05) is 63.3 Å². The van der Waals surface area contributed by atoms with Crippen LogP contribution in [0.25, 0.3) is 0 Å². The van der Waals surface area contributed by atoms with Crippen LogP contribution in [-0.2, 0) is 19.4 Å². The van der Waals surface area contributed by atoms with E-state index in [0.717, 1.165) is 78.6 Å². The van der Waals surface area contributed by atoms with Crippen LogP contribution in [0.5, 0.6) is 11.5 Å². The molecule has 0 unspecified atom stereocenters. The van der Waals surface area contributed by atoms with E-state index in [1.807, 2.05) is 19.2 Å². The van der Waals surface area contributed by atoms with Gasteiger partial charge >= 0.3 is 0 Å². The second-order valence-electron chi connectivity index (χ2n) is 7.20. The summed E-state index contributed by atoms with van der Waals surface area (Å²) in [7, 11) is 5.14. The number of hydrogen-bond acceptors (Lipinski definition) is 7. The molecule has 8 nitrogen and oxygen atoms in total. The molecule has 2 heterocycles. The molecule has 3 rings (SSSR count). The Morgan fingerprint density at radius 2 is 2.00 bits per heavy atom. The van der Waals surface area contributed by atoms with E-state index in [0.29, 0.717) is 6.54 Å². The van der Waals surface area contributed by atoms with Gasteiger partial charge in [-0.2, -0.15) is 4.37 Å². The number of allylic oxidation sites excluding steroid dienone is 1. The molecule has 1 aromatic carbocycles. The zero-order valence-electron chi connectivity index (χ0n) is 19.3. The summed E-state index contributed by atoms with van der Waals surface area (Å²) in [4.78, 5) is 13.7. The number of rotatable bonds is 8. The number of nitrogens with one attached hydrogen (secondary N) is 1. The maximum absolute atomic E-state index is 5.53. The standard InChI is InChI=1S/C22H32N6O2S.HI/c1-6-8-17-13-16(14-18(29-4)20(17)30-5)15-24-21(23-3)27-9-11-28(12-10-27)22-25-19(7-2)26-31-22;/h6,13-14H,1,7-12,15H2,2-5H3,(H,23,24);1H. The highest BCUT2D eigenvalue weighted by molar-refractivity contribution is 14.0. The van der Waals surface area contributed by atoms with E-state index in [4.69, 9.17) is 9.47 Å². The number of benzene rings is 1. The van der Waals surface area contributed by atoms with Gasteiger partial charge in [0.15, 0.2) is 17.5 Å². The van der Waals surface area contributed by atoms with Gasteiger partial charge in [-0.15, -0.1) is 30.6 Å². The molecular formula is C22H33IN6O2S. The molecule has 0 aliphatic carbocycles. The minimum absolute atomic E-state index is 0. The Balaban J connectivity index is 0.00000363. The van der Waals surface area contributed by atoms with Crippen molar-refractivity contribution in [3.8, 4) is 11.5 Å². The van der Waals surface area contributed by atoms with Crippen LogP contribution in [0.15, 0.2) is 29.8 Å². The van der Waals surface area contributed by atoms with Crippen LogP contribution in [0.1, 0.15) is 23.9 Å². The van der Waals surface area contributed by atoms with E-state index < -0.39 is 0 Å². The molecule has 1 aliphatic rings. The fraction of sp³-hybridized carbons (Fsp3) is 0.500. The fourth-order valence-corrected chi connectivity index (χ4v) is 4.46. The molecule has 10 heteroatoms. The summed E-state index contributed by atoms with van der Waals surface area (Å²) in [5.41, 5.74) is 2.16. The van der Waals surface area contributed by atoms with Crippen LogP contribution < -0.4 is 19.7 Å². The Morgan fingerprint density at radius 3 is 2.56 bits per heavy atom. The highest BCUT2D eigenvalue weighted by Crippen LogP contribution is 2.33. The normalized spacial score (nSPS) is 14.1. The van der Waals surface area contributed by atoms with Gasteiger partial charge in [-0.1, -0.05) is 13.0 Å². The van der Waals surface area contributed by atoms with Crippen molar-refractivity contribution in [2.75, 3.05) is 52.3 Å². The van der Waals surface area contributed by atoms with Gasteiger partial charge in [0.05, 0.1) is 14.2 Å². The van der Waals surface area contributed by atoms with Crippen molar-refractivity contribution in [3.05, 3.63) is 41.7 Å². The average Bonchev–Trinajstić information content (AvgIpc) is 3.29. The predicted octanol–water partition coefficient (Wildman–Crippen LogP) is 3.36. The molecule has 1 aromatic heterocycles. The predicted molar refractivity (Wildman–Crippen MR) is 142 cm³/mol. The molecule has 2 aromatic rings. The molecule has 1 fully saturated rings. The van der Waals surface area contributed by atoms with Gasteiger partial charge in [0.1, 0.15) is 5.82 Å². The van der Waals surface area contributed by atoms with E-state index in [2.05, 4.69) is 49.0 Å². The van der Waals surface area contributed by atoms with Crippen molar-refractivity contribution >= 4 is 46.6 Å². The first-order chi connectivity index (χ1) is 15.1. The number of anilines is 1. The first kappa shape index (κ1) is 26.2. The molecule has 0 bridgehead atoms. The number of piperazine rings is 1. The van der Waals surface area contributed by atoms with E-state index in [1.165, 1.54) is 11.5 Å². The Labute approximate surface area is 211 Å². The Morgan fingerprint density at radius 1 is 1.25 bits per heavy atom. The minimum atomic E-state index is 0. The minimum Gasteiger partial charge on any atom is -0.493 e. The Hall–Kier alpha value is -2.08. The lowest BCUT2D eigenvalue weighted by molar-refractivity contribution is 0.351. The highest BCUT2D eigenvalue weighted by atomic mass is 127. The van der Waals surface area contributed by atoms with Gasteiger partial charge in [-0.05, 0) is 24.1 Å². The van der Waals surface area contributed by atoms with Gasteiger partial charge in [-0.25, -0.2) is 4.98 Å². The van der Waals surface area contributed by atoms with Gasteiger partial charge in [0.25, 0.3) is 0 Å². The van der Waals surface area contributed by atoms with E-state index in [9.17, 15) is 0 Å². The monoisotopic (exact) mass is 572 g/mol. The Bertz CT molecular complexity index is 912.